The highest BCUT2D eigenvalue weighted by Gasteiger charge is 2.34. The number of nitrogens with zero attached hydrogens (tertiary/aromatic N) is 1. The third-order valence-corrected chi connectivity index (χ3v) is 4.69. The van der Waals surface area contributed by atoms with Crippen LogP contribution in [0.3, 0.4) is 0 Å². The number of carbonyl (C=O) groups is 1. The minimum absolute atomic E-state index is 0.164. The first kappa shape index (κ1) is 15.5. The Balaban J connectivity index is 2.65. The van der Waals surface area contributed by atoms with Crippen molar-refractivity contribution in [2.75, 3.05) is 13.1 Å². The molecule has 0 spiro atoms. The summed E-state index contributed by atoms with van der Waals surface area (Å²) in [6, 6.07) is 0. The molecule has 1 saturated heterocycles. The lowest BCUT2D eigenvalue weighted by molar-refractivity contribution is -0.137. The highest BCUT2D eigenvalue weighted by atomic mass is 16.2. The molecule has 1 fully saturated rings. The second kappa shape index (κ2) is 6.55. The summed E-state index contributed by atoms with van der Waals surface area (Å²) in [4.78, 5) is 14.5. The fourth-order valence-electron chi connectivity index (χ4n) is 2.86. The molecular weight excluding hydrogens is 224 g/mol. The smallest absolute Gasteiger partial charge is 0.242 e. The molecule has 106 valence electrons. The first-order chi connectivity index (χ1) is 8.44. The Morgan fingerprint density at radius 1 is 1.28 bits per heavy atom. The Morgan fingerprint density at radius 3 is 2.39 bits per heavy atom. The Morgan fingerprint density at radius 2 is 1.89 bits per heavy atom. The van der Waals surface area contributed by atoms with Gasteiger partial charge in [-0.3, -0.25) is 4.79 Å². The van der Waals surface area contributed by atoms with E-state index >= 15 is 0 Å². The predicted molar refractivity (Wildman–Crippen MR) is 76.3 cm³/mol. The molecule has 3 heteroatoms. The summed E-state index contributed by atoms with van der Waals surface area (Å²) in [6.07, 6.45) is 4.96. The van der Waals surface area contributed by atoms with Gasteiger partial charge in [-0.1, -0.05) is 27.7 Å². The lowest BCUT2D eigenvalue weighted by atomic mass is 9.89. The molecule has 1 atom stereocenters. The second-order valence-corrected chi connectivity index (χ2v) is 6.09. The average Bonchev–Trinajstić information content (AvgIpc) is 2.62. The number of hydrogen-bond donors (Lipinski definition) is 1. The Bertz CT molecular complexity index is 272. The number of hydrogen-bond acceptors (Lipinski definition) is 2. The molecule has 1 amide bonds. The molecule has 1 unspecified atom stereocenters. The van der Waals surface area contributed by atoms with Gasteiger partial charge in [0, 0.05) is 13.1 Å². The van der Waals surface area contributed by atoms with Gasteiger partial charge in [0.1, 0.15) is 0 Å². The van der Waals surface area contributed by atoms with Gasteiger partial charge in [-0.15, -0.1) is 0 Å². The van der Waals surface area contributed by atoms with E-state index in [-0.39, 0.29) is 5.91 Å². The van der Waals surface area contributed by atoms with E-state index in [0.717, 1.165) is 50.6 Å². The van der Waals surface area contributed by atoms with Gasteiger partial charge < -0.3 is 10.6 Å². The molecule has 0 aromatic rings. The average molecular weight is 254 g/mol. The van der Waals surface area contributed by atoms with Gasteiger partial charge in [-0.2, -0.15) is 0 Å². The molecule has 0 radical (unpaired) electrons. The van der Waals surface area contributed by atoms with Crippen molar-refractivity contribution in [3.05, 3.63) is 0 Å². The summed E-state index contributed by atoms with van der Waals surface area (Å²) in [7, 11) is 0. The fraction of sp³-hybridized carbons (Fsp3) is 0.933. The maximum atomic E-state index is 12.5. The zero-order valence-corrected chi connectivity index (χ0v) is 12.5. The van der Waals surface area contributed by atoms with E-state index < -0.39 is 5.54 Å². The van der Waals surface area contributed by atoms with Crippen LogP contribution in [0.5, 0.6) is 0 Å². The third kappa shape index (κ3) is 3.47. The van der Waals surface area contributed by atoms with Crippen LogP contribution < -0.4 is 5.73 Å². The van der Waals surface area contributed by atoms with Gasteiger partial charge in [-0.25, -0.2) is 0 Å². The summed E-state index contributed by atoms with van der Waals surface area (Å²) in [5, 5.41) is 0. The van der Waals surface area contributed by atoms with Crippen LogP contribution in [-0.4, -0.2) is 29.4 Å². The third-order valence-electron chi connectivity index (χ3n) is 4.69. The Kier molecular flexibility index (Phi) is 5.64. The molecule has 0 aromatic carbocycles. The van der Waals surface area contributed by atoms with Gasteiger partial charge in [0.2, 0.25) is 5.91 Å². The van der Waals surface area contributed by atoms with Crippen LogP contribution in [-0.2, 0) is 4.79 Å². The van der Waals surface area contributed by atoms with Crippen molar-refractivity contribution in [2.24, 2.45) is 17.6 Å². The van der Waals surface area contributed by atoms with E-state index in [2.05, 4.69) is 13.8 Å². The van der Waals surface area contributed by atoms with Gasteiger partial charge in [-0.05, 0) is 43.9 Å². The Hall–Kier alpha value is -0.570. The largest absolute Gasteiger partial charge is 0.341 e. The zero-order chi connectivity index (χ0) is 13.8. The van der Waals surface area contributed by atoms with Crippen molar-refractivity contribution in [3.63, 3.8) is 0 Å². The van der Waals surface area contributed by atoms with Gasteiger partial charge >= 0.3 is 0 Å². The van der Waals surface area contributed by atoms with E-state index in [1.54, 1.807) is 0 Å². The minimum Gasteiger partial charge on any atom is -0.341 e. The predicted octanol–water partition coefficient (Wildman–Crippen LogP) is 2.79. The van der Waals surface area contributed by atoms with E-state index in [4.69, 9.17) is 5.73 Å². The quantitative estimate of drug-likeness (QED) is 0.838. The van der Waals surface area contributed by atoms with E-state index in [9.17, 15) is 4.79 Å². The van der Waals surface area contributed by atoms with Crippen molar-refractivity contribution >= 4 is 5.91 Å². The lowest BCUT2D eigenvalue weighted by Gasteiger charge is -2.32. The topological polar surface area (TPSA) is 46.3 Å². The van der Waals surface area contributed by atoms with Crippen molar-refractivity contribution in [3.8, 4) is 0 Å². The van der Waals surface area contributed by atoms with Crippen LogP contribution in [0.1, 0.15) is 59.8 Å². The first-order valence-electron chi connectivity index (χ1n) is 7.52. The minimum atomic E-state index is -0.641. The molecular formula is C15H30N2O. The SMILES string of the molecule is CCC(N)(CC)C(=O)N1CCCC(C(C)C)CC1. The molecule has 0 saturated carbocycles. The summed E-state index contributed by atoms with van der Waals surface area (Å²) in [6.45, 7) is 10.4. The van der Waals surface area contributed by atoms with Crippen molar-refractivity contribution in [1.29, 1.82) is 0 Å². The normalized spacial score (nSPS) is 22.1. The van der Waals surface area contributed by atoms with Crippen LogP contribution >= 0.6 is 0 Å². The number of likely N-dealkylation sites (tertiary alicyclic amines) is 1. The summed E-state index contributed by atoms with van der Waals surface area (Å²) in [5.74, 6) is 1.65. The zero-order valence-electron chi connectivity index (χ0n) is 12.5. The van der Waals surface area contributed by atoms with Crippen LogP contribution in [0, 0.1) is 11.8 Å². The molecule has 1 aliphatic heterocycles. The van der Waals surface area contributed by atoms with E-state index in [0.29, 0.717) is 0 Å². The van der Waals surface area contributed by atoms with E-state index in [1.807, 2.05) is 18.7 Å². The summed E-state index contributed by atoms with van der Waals surface area (Å²) in [5.41, 5.74) is 5.58. The maximum absolute atomic E-state index is 12.5. The molecule has 1 heterocycles. The van der Waals surface area contributed by atoms with Gasteiger partial charge in [0.15, 0.2) is 0 Å². The van der Waals surface area contributed by atoms with Gasteiger partial charge in [0.25, 0.3) is 0 Å². The fourth-order valence-corrected chi connectivity index (χ4v) is 2.86. The van der Waals surface area contributed by atoms with Crippen LogP contribution in [0.25, 0.3) is 0 Å². The molecule has 1 aliphatic rings. The van der Waals surface area contributed by atoms with Crippen LogP contribution in [0.4, 0.5) is 0 Å². The lowest BCUT2D eigenvalue weighted by Crippen LogP contribution is -2.54. The molecule has 0 aliphatic carbocycles. The first-order valence-corrected chi connectivity index (χ1v) is 7.52. The van der Waals surface area contributed by atoms with Crippen molar-refractivity contribution < 1.29 is 4.79 Å². The second-order valence-electron chi connectivity index (χ2n) is 6.09. The highest BCUT2D eigenvalue weighted by molar-refractivity contribution is 5.86. The molecule has 18 heavy (non-hydrogen) atoms. The summed E-state index contributed by atoms with van der Waals surface area (Å²) >= 11 is 0. The molecule has 0 aromatic heterocycles. The number of amides is 1. The Labute approximate surface area is 112 Å². The molecule has 1 rings (SSSR count). The maximum Gasteiger partial charge on any atom is 0.242 e. The van der Waals surface area contributed by atoms with Crippen molar-refractivity contribution in [2.45, 2.75) is 65.3 Å². The molecule has 2 N–H and O–H groups in total. The monoisotopic (exact) mass is 254 g/mol. The van der Waals surface area contributed by atoms with Crippen molar-refractivity contribution in [1.82, 2.24) is 4.90 Å². The number of rotatable bonds is 4. The summed E-state index contributed by atoms with van der Waals surface area (Å²) < 4.78 is 0. The standard InChI is InChI=1S/C15H30N2O/c1-5-15(16,6-2)14(18)17-10-7-8-13(9-11-17)12(3)4/h12-13H,5-11,16H2,1-4H3. The molecule has 3 nitrogen and oxygen atoms in total. The van der Waals surface area contributed by atoms with Crippen LogP contribution in [0.2, 0.25) is 0 Å². The molecule has 0 bridgehead atoms. The van der Waals surface area contributed by atoms with Crippen LogP contribution in [0.15, 0.2) is 0 Å². The highest BCUT2D eigenvalue weighted by Crippen LogP contribution is 2.26. The number of carbonyl (C=O) groups excluding carboxylic acids is 1. The number of nitrogens with two attached hydrogens (primary N) is 1. The van der Waals surface area contributed by atoms with Gasteiger partial charge in [0.05, 0.1) is 5.54 Å². The van der Waals surface area contributed by atoms with E-state index in [1.165, 1.54) is 6.42 Å².